The Labute approximate surface area is 125 Å². The summed E-state index contributed by atoms with van der Waals surface area (Å²) >= 11 is 0. The number of amides is 2. The number of rotatable bonds is 5. The summed E-state index contributed by atoms with van der Waals surface area (Å²) < 4.78 is 0. The van der Waals surface area contributed by atoms with Crippen molar-refractivity contribution < 1.29 is 9.59 Å². The molecule has 0 bridgehead atoms. The van der Waals surface area contributed by atoms with E-state index in [1.165, 1.54) is 0 Å². The Morgan fingerprint density at radius 3 is 2.76 bits per heavy atom. The first-order chi connectivity index (χ1) is 10.1. The molecule has 1 fully saturated rings. The molecule has 0 spiro atoms. The van der Waals surface area contributed by atoms with Gasteiger partial charge in [-0.3, -0.25) is 9.59 Å². The molecule has 1 unspecified atom stereocenters. The van der Waals surface area contributed by atoms with Gasteiger partial charge in [0.05, 0.1) is 6.42 Å². The number of hydrogen-bond acceptors (Lipinski definition) is 3. The molecule has 0 aromatic heterocycles. The second kappa shape index (κ2) is 7.78. The van der Waals surface area contributed by atoms with Crippen molar-refractivity contribution in [1.29, 1.82) is 0 Å². The molecule has 0 saturated carbocycles. The number of carbonyl (C=O) groups excluding carboxylic acids is 2. The van der Waals surface area contributed by atoms with Gasteiger partial charge in [0.15, 0.2) is 0 Å². The van der Waals surface area contributed by atoms with Gasteiger partial charge in [-0.2, -0.15) is 0 Å². The van der Waals surface area contributed by atoms with Gasteiger partial charge in [0, 0.05) is 32.1 Å². The minimum absolute atomic E-state index is 0.0515. The zero-order chi connectivity index (χ0) is 15.1. The molecule has 1 aliphatic heterocycles. The van der Waals surface area contributed by atoms with Gasteiger partial charge in [0.1, 0.15) is 0 Å². The monoisotopic (exact) mass is 289 g/mol. The number of nitrogens with zero attached hydrogens (tertiary/aromatic N) is 1. The van der Waals surface area contributed by atoms with Crippen molar-refractivity contribution in [2.75, 3.05) is 19.6 Å². The number of benzene rings is 1. The van der Waals surface area contributed by atoms with Crippen LogP contribution < -0.4 is 11.1 Å². The lowest BCUT2D eigenvalue weighted by molar-refractivity contribution is -0.132. The number of piperidine rings is 1. The van der Waals surface area contributed by atoms with E-state index in [0.29, 0.717) is 25.9 Å². The van der Waals surface area contributed by atoms with Crippen LogP contribution in [0.5, 0.6) is 0 Å². The topological polar surface area (TPSA) is 75.4 Å². The van der Waals surface area contributed by atoms with Crippen molar-refractivity contribution in [3.8, 4) is 0 Å². The molecule has 1 aromatic carbocycles. The second-order valence-electron chi connectivity index (χ2n) is 5.50. The molecule has 1 aromatic rings. The van der Waals surface area contributed by atoms with Gasteiger partial charge in [-0.1, -0.05) is 30.3 Å². The predicted molar refractivity (Wildman–Crippen MR) is 81.6 cm³/mol. The standard InChI is InChI=1S/C16H23N3O2/c17-14-7-4-10-19(12-14)16(21)8-9-18-15(20)11-13-5-2-1-3-6-13/h1-3,5-6,14H,4,7-12,17H2,(H,18,20). The van der Waals surface area contributed by atoms with E-state index >= 15 is 0 Å². The van der Waals surface area contributed by atoms with Crippen LogP contribution >= 0.6 is 0 Å². The zero-order valence-electron chi connectivity index (χ0n) is 12.3. The van der Waals surface area contributed by atoms with Crippen LogP contribution in [0.25, 0.3) is 0 Å². The van der Waals surface area contributed by atoms with Crippen LogP contribution in [0.15, 0.2) is 30.3 Å². The van der Waals surface area contributed by atoms with Crippen LogP contribution in [-0.4, -0.2) is 42.4 Å². The number of carbonyl (C=O) groups is 2. The molecule has 2 amide bonds. The zero-order valence-corrected chi connectivity index (χ0v) is 12.3. The maximum atomic E-state index is 12.0. The van der Waals surface area contributed by atoms with Crippen molar-refractivity contribution >= 4 is 11.8 Å². The summed E-state index contributed by atoms with van der Waals surface area (Å²) in [4.78, 5) is 25.6. The summed E-state index contributed by atoms with van der Waals surface area (Å²) in [5.41, 5.74) is 6.84. The molecule has 1 heterocycles. The summed E-state index contributed by atoms with van der Waals surface area (Å²) in [5, 5.41) is 2.79. The van der Waals surface area contributed by atoms with E-state index in [0.717, 1.165) is 24.9 Å². The van der Waals surface area contributed by atoms with E-state index < -0.39 is 0 Å². The minimum Gasteiger partial charge on any atom is -0.355 e. The van der Waals surface area contributed by atoms with Crippen molar-refractivity contribution in [3.63, 3.8) is 0 Å². The molecular weight excluding hydrogens is 266 g/mol. The van der Waals surface area contributed by atoms with Crippen LogP contribution in [0, 0.1) is 0 Å². The lowest BCUT2D eigenvalue weighted by Crippen LogP contribution is -2.46. The van der Waals surface area contributed by atoms with Crippen molar-refractivity contribution in [2.24, 2.45) is 5.73 Å². The first-order valence-corrected chi connectivity index (χ1v) is 7.49. The fourth-order valence-electron chi connectivity index (χ4n) is 2.55. The summed E-state index contributed by atoms with van der Waals surface area (Å²) in [6, 6.07) is 9.66. The molecule has 1 saturated heterocycles. The van der Waals surface area contributed by atoms with Crippen LogP contribution in [0.3, 0.4) is 0 Å². The predicted octanol–water partition coefficient (Wildman–Crippen LogP) is 0.685. The van der Waals surface area contributed by atoms with Crippen LogP contribution in [-0.2, 0) is 16.0 Å². The molecule has 3 N–H and O–H groups in total. The van der Waals surface area contributed by atoms with E-state index in [2.05, 4.69) is 5.32 Å². The van der Waals surface area contributed by atoms with Crippen molar-refractivity contribution in [2.45, 2.75) is 31.7 Å². The maximum absolute atomic E-state index is 12.0. The fourth-order valence-corrected chi connectivity index (χ4v) is 2.55. The van der Waals surface area contributed by atoms with Gasteiger partial charge < -0.3 is 16.0 Å². The highest BCUT2D eigenvalue weighted by Crippen LogP contribution is 2.09. The van der Waals surface area contributed by atoms with Crippen LogP contribution in [0.4, 0.5) is 0 Å². The molecule has 1 atom stereocenters. The summed E-state index contributed by atoms with van der Waals surface area (Å²) in [6.45, 7) is 1.80. The summed E-state index contributed by atoms with van der Waals surface area (Å²) in [5.74, 6) is 0.0227. The Balaban J connectivity index is 1.66. The van der Waals surface area contributed by atoms with Gasteiger partial charge >= 0.3 is 0 Å². The second-order valence-corrected chi connectivity index (χ2v) is 5.50. The van der Waals surface area contributed by atoms with Gasteiger partial charge in [0.2, 0.25) is 11.8 Å². The van der Waals surface area contributed by atoms with E-state index in [-0.39, 0.29) is 17.9 Å². The minimum atomic E-state index is -0.0515. The van der Waals surface area contributed by atoms with E-state index in [4.69, 9.17) is 5.73 Å². The lowest BCUT2D eigenvalue weighted by Gasteiger charge is -2.30. The fraction of sp³-hybridized carbons (Fsp3) is 0.500. The molecule has 5 heteroatoms. The number of likely N-dealkylation sites (tertiary alicyclic amines) is 1. The first kappa shape index (κ1) is 15.5. The van der Waals surface area contributed by atoms with E-state index in [1.807, 2.05) is 30.3 Å². The van der Waals surface area contributed by atoms with Gasteiger partial charge in [-0.05, 0) is 18.4 Å². The van der Waals surface area contributed by atoms with E-state index in [1.54, 1.807) is 4.90 Å². The maximum Gasteiger partial charge on any atom is 0.224 e. The first-order valence-electron chi connectivity index (χ1n) is 7.49. The van der Waals surface area contributed by atoms with Crippen molar-refractivity contribution in [3.05, 3.63) is 35.9 Å². The summed E-state index contributed by atoms with van der Waals surface area (Å²) in [7, 11) is 0. The van der Waals surface area contributed by atoms with Crippen LogP contribution in [0.2, 0.25) is 0 Å². The molecule has 0 radical (unpaired) electrons. The van der Waals surface area contributed by atoms with Gasteiger partial charge in [-0.15, -0.1) is 0 Å². The number of nitrogens with two attached hydrogens (primary N) is 1. The highest BCUT2D eigenvalue weighted by Gasteiger charge is 2.20. The smallest absolute Gasteiger partial charge is 0.224 e. The summed E-state index contributed by atoms with van der Waals surface area (Å²) in [6.07, 6.45) is 2.64. The molecule has 0 aliphatic carbocycles. The third-order valence-corrected chi connectivity index (χ3v) is 3.68. The Morgan fingerprint density at radius 2 is 2.05 bits per heavy atom. The number of hydrogen-bond donors (Lipinski definition) is 2. The SMILES string of the molecule is NC1CCCN(C(=O)CCNC(=O)Cc2ccccc2)C1. The number of nitrogens with one attached hydrogen (secondary N) is 1. The Bertz CT molecular complexity index is 476. The Hall–Kier alpha value is -1.88. The lowest BCUT2D eigenvalue weighted by atomic mass is 10.1. The quantitative estimate of drug-likeness (QED) is 0.837. The van der Waals surface area contributed by atoms with Crippen molar-refractivity contribution in [1.82, 2.24) is 10.2 Å². The largest absolute Gasteiger partial charge is 0.355 e. The molecule has 2 rings (SSSR count). The normalized spacial score (nSPS) is 18.3. The molecule has 5 nitrogen and oxygen atoms in total. The third kappa shape index (κ3) is 5.19. The van der Waals surface area contributed by atoms with Gasteiger partial charge in [0.25, 0.3) is 0 Å². The Morgan fingerprint density at radius 1 is 1.29 bits per heavy atom. The molecule has 1 aliphatic rings. The molecule has 21 heavy (non-hydrogen) atoms. The molecular formula is C16H23N3O2. The average molecular weight is 289 g/mol. The molecule has 114 valence electrons. The highest BCUT2D eigenvalue weighted by atomic mass is 16.2. The van der Waals surface area contributed by atoms with Gasteiger partial charge in [-0.25, -0.2) is 0 Å². The van der Waals surface area contributed by atoms with Crippen LogP contribution in [0.1, 0.15) is 24.8 Å². The Kier molecular flexibility index (Phi) is 5.75. The van der Waals surface area contributed by atoms with E-state index in [9.17, 15) is 9.59 Å². The average Bonchev–Trinajstić information content (AvgIpc) is 2.48. The third-order valence-electron chi connectivity index (χ3n) is 3.68. The highest BCUT2D eigenvalue weighted by molar-refractivity contribution is 5.80.